The van der Waals surface area contributed by atoms with Crippen molar-refractivity contribution in [2.75, 3.05) is 19.3 Å². The Labute approximate surface area is 209 Å². The molecule has 0 atom stereocenters. The maximum absolute atomic E-state index is 13.0. The summed E-state index contributed by atoms with van der Waals surface area (Å²) in [6.07, 6.45) is 1.69. The Morgan fingerprint density at radius 2 is 1.74 bits per heavy atom. The third-order valence-electron chi connectivity index (χ3n) is 5.73. The second kappa shape index (κ2) is 11.3. The topological polar surface area (TPSA) is 88.1 Å². The Morgan fingerprint density at radius 1 is 1.09 bits per heavy atom. The first-order chi connectivity index (χ1) is 16.4. The molecule has 1 aliphatic rings. The smallest absolute Gasteiger partial charge is 0.407 e. The van der Waals surface area contributed by atoms with Crippen LogP contribution in [0.15, 0.2) is 48.5 Å². The molecule has 2 N–H and O–H groups in total. The van der Waals surface area contributed by atoms with E-state index in [2.05, 4.69) is 17.4 Å². The monoisotopic (exact) mass is 498 g/mol. The standard InChI is InChI=1S/C27H38N2O5Si/c1-27(2,3)34-26(31)28-18-20-7-6-8-23(17-20)21-13-15-29(16-14-21)25(30)22-9-11-24(12-10-22)33-19-35(4,5)32/h6-12,17,21,32H,13-16,18-19H2,1-5H3,(H,28,31). The molecule has 8 heteroatoms. The van der Waals surface area contributed by atoms with Crippen molar-refractivity contribution in [1.82, 2.24) is 10.2 Å². The van der Waals surface area contributed by atoms with E-state index in [1.54, 1.807) is 24.3 Å². The minimum atomic E-state index is -2.28. The molecule has 0 bridgehead atoms. The van der Waals surface area contributed by atoms with Crippen LogP contribution >= 0.6 is 0 Å². The van der Waals surface area contributed by atoms with E-state index in [1.165, 1.54) is 5.56 Å². The number of likely N-dealkylation sites (tertiary alicyclic amines) is 1. The zero-order valence-corrected chi connectivity index (χ0v) is 22.5. The van der Waals surface area contributed by atoms with Crippen LogP contribution in [0.3, 0.4) is 0 Å². The fourth-order valence-corrected chi connectivity index (χ4v) is 4.52. The van der Waals surface area contributed by atoms with Gasteiger partial charge in [0, 0.05) is 25.2 Å². The van der Waals surface area contributed by atoms with Gasteiger partial charge in [0.2, 0.25) is 8.32 Å². The molecule has 1 aliphatic heterocycles. The van der Waals surface area contributed by atoms with Gasteiger partial charge in [0.25, 0.3) is 5.91 Å². The van der Waals surface area contributed by atoms with Gasteiger partial charge in [-0.3, -0.25) is 4.79 Å². The number of hydrogen-bond donors (Lipinski definition) is 2. The van der Waals surface area contributed by atoms with Crippen molar-refractivity contribution in [1.29, 1.82) is 0 Å². The SMILES string of the molecule is CC(C)(C)OC(=O)NCc1cccc(C2CCN(C(=O)c3ccc(OC[Si](C)(C)O)cc3)CC2)c1. The highest BCUT2D eigenvalue weighted by Crippen LogP contribution is 2.29. The van der Waals surface area contributed by atoms with Gasteiger partial charge in [-0.15, -0.1) is 0 Å². The van der Waals surface area contributed by atoms with E-state index in [-0.39, 0.29) is 5.91 Å². The second-order valence-corrected chi connectivity index (χ2v) is 14.7. The molecule has 1 saturated heterocycles. The van der Waals surface area contributed by atoms with Crippen LogP contribution in [0.4, 0.5) is 4.79 Å². The van der Waals surface area contributed by atoms with Gasteiger partial charge in [-0.1, -0.05) is 24.3 Å². The first kappa shape index (κ1) is 26.8. The molecule has 35 heavy (non-hydrogen) atoms. The molecule has 7 nitrogen and oxygen atoms in total. The van der Waals surface area contributed by atoms with Gasteiger partial charge in [0.05, 0.1) is 0 Å². The Bertz CT molecular complexity index is 1000. The van der Waals surface area contributed by atoms with Gasteiger partial charge in [-0.25, -0.2) is 4.79 Å². The molecule has 190 valence electrons. The fourth-order valence-electron chi connectivity index (χ4n) is 4.00. The highest BCUT2D eigenvalue weighted by atomic mass is 28.4. The number of hydrogen-bond acceptors (Lipinski definition) is 5. The van der Waals surface area contributed by atoms with Gasteiger partial charge in [0.1, 0.15) is 17.6 Å². The number of carbonyl (C=O) groups excluding carboxylic acids is 2. The Morgan fingerprint density at radius 3 is 2.34 bits per heavy atom. The van der Waals surface area contributed by atoms with Crippen molar-refractivity contribution >= 4 is 20.3 Å². The largest absolute Gasteiger partial charge is 0.494 e. The zero-order valence-electron chi connectivity index (χ0n) is 21.5. The highest BCUT2D eigenvalue weighted by Gasteiger charge is 2.25. The highest BCUT2D eigenvalue weighted by molar-refractivity contribution is 6.69. The number of rotatable bonds is 7. The van der Waals surface area contributed by atoms with Crippen LogP contribution in [0.5, 0.6) is 5.75 Å². The van der Waals surface area contributed by atoms with E-state index >= 15 is 0 Å². The maximum Gasteiger partial charge on any atom is 0.407 e. The fraction of sp³-hybridized carbons (Fsp3) is 0.481. The molecule has 0 unspecified atom stereocenters. The third-order valence-corrected chi connectivity index (χ3v) is 6.58. The summed E-state index contributed by atoms with van der Waals surface area (Å²) in [5.74, 6) is 1.07. The van der Waals surface area contributed by atoms with Crippen LogP contribution in [-0.2, 0) is 11.3 Å². The summed E-state index contributed by atoms with van der Waals surface area (Å²) in [4.78, 5) is 36.7. The molecule has 0 radical (unpaired) electrons. The van der Waals surface area contributed by atoms with E-state index < -0.39 is 20.0 Å². The van der Waals surface area contributed by atoms with Gasteiger partial charge >= 0.3 is 6.09 Å². The number of benzene rings is 2. The van der Waals surface area contributed by atoms with Crippen LogP contribution in [0.25, 0.3) is 0 Å². The number of alkyl carbamates (subject to hydrolysis) is 1. The number of nitrogens with zero attached hydrogens (tertiary/aromatic N) is 1. The molecule has 2 aromatic rings. The lowest BCUT2D eigenvalue weighted by atomic mass is 9.88. The van der Waals surface area contributed by atoms with Crippen LogP contribution < -0.4 is 10.1 Å². The average molecular weight is 499 g/mol. The van der Waals surface area contributed by atoms with E-state index in [0.29, 0.717) is 43.1 Å². The normalized spacial score (nSPS) is 15.0. The maximum atomic E-state index is 13.0. The van der Waals surface area contributed by atoms with E-state index in [1.807, 2.05) is 50.9 Å². The molecule has 1 heterocycles. The molecule has 3 rings (SSSR count). The quantitative estimate of drug-likeness (QED) is 0.533. The lowest BCUT2D eigenvalue weighted by Gasteiger charge is -2.32. The molecule has 0 aromatic heterocycles. The second-order valence-electron chi connectivity index (χ2n) is 10.8. The summed E-state index contributed by atoms with van der Waals surface area (Å²) in [6, 6.07) is 15.4. The van der Waals surface area contributed by atoms with Crippen molar-refractivity contribution in [3.05, 3.63) is 65.2 Å². The molecule has 0 aliphatic carbocycles. The van der Waals surface area contributed by atoms with Crippen LogP contribution in [0.2, 0.25) is 13.1 Å². The molecule has 1 fully saturated rings. The van der Waals surface area contributed by atoms with Gasteiger partial charge in [0.15, 0.2) is 0 Å². The summed E-state index contributed by atoms with van der Waals surface area (Å²) in [5, 5.41) is 2.81. The van der Waals surface area contributed by atoms with Gasteiger partial charge in [-0.2, -0.15) is 0 Å². The molecule has 0 saturated carbocycles. The zero-order chi connectivity index (χ0) is 25.6. The number of ether oxygens (including phenoxy) is 2. The van der Waals surface area contributed by atoms with Crippen molar-refractivity contribution in [3.8, 4) is 5.75 Å². The first-order valence-corrected chi connectivity index (χ1v) is 15.4. The summed E-state index contributed by atoms with van der Waals surface area (Å²) in [7, 11) is -2.28. The van der Waals surface area contributed by atoms with Crippen molar-refractivity contribution < 1.29 is 23.9 Å². The minimum absolute atomic E-state index is 0.0298. The number of nitrogens with one attached hydrogen (secondary N) is 1. The Balaban J connectivity index is 1.51. The molecular formula is C27H38N2O5Si. The first-order valence-electron chi connectivity index (χ1n) is 12.2. The van der Waals surface area contributed by atoms with Crippen molar-refractivity contribution in [3.63, 3.8) is 0 Å². The molecule has 2 amide bonds. The van der Waals surface area contributed by atoms with Crippen LogP contribution in [-0.4, -0.2) is 54.9 Å². The Kier molecular flexibility index (Phi) is 8.61. The lowest BCUT2D eigenvalue weighted by Crippen LogP contribution is -2.38. The summed E-state index contributed by atoms with van der Waals surface area (Å²) in [5.41, 5.74) is 2.39. The predicted octanol–water partition coefficient (Wildman–Crippen LogP) is 4.85. The molecule has 2 aromatic carbocycles. The number of carbonyl (C=O) groups is 2. The van der Waals surface area contributed by atoms with E-state index in [0.717, 1.165) is 18.4 Å². The molecule has 0 spiro atoms. The number of piperidine rings is 1. The van der Waals surface area contributed by atoms with Gasteiger partial charge < -0.3 is 24.5 Å². The Hall–Kier alpha value is -2.84. The predicted molar refractivity (Wildman–Crippen MR) is 139 cm³/mol. The summed E-state index contributed by atoms with van der Waals surface area (Å²) >= 11 is 0. The molecular weight excluding hydrogens is 460 g/mol. The van der Waals surface area contributed by atoms with Crippen LogP contribution in [0.1, 0.15) is 61.0 Å². The van der Waals surface area contributed by atoms with Crippen molar-refractivity contribution in [2.45, 2.75) is 64.8 Å². The van der Waals surface area contributed by atoms with Crippen LogP contribution in [0, 0.1) is 0 Å². The van der Waals surface area contributed by atoms with Crippen molar-refractivity contribution in [2.24, 2.45) is 0 Å². The van der Waals surface area contributed by atoms with E-state index in [4.69, 9.17) is 9.47 Å². The minimum Gasteiger partial charge on any atom is -0.494 e. The summed E-state index contributed by atoms with van der Waals surface area (Å²) < 4.78 is 10.9. The van der Waals surface area contributed by atoms with E-state index in [9.17, 15) is 14.4 Å². The number of amides is 2. The van der Waals surface area contributed by atoms with Gasteiger partial charge in [-0.05, 0) is 88.0 Å². The third kappa shape index (κ3) is 8.71. The average Bonchev–Trinajstić information content (AvgIpc) is 2.80. The summed E-state index contributed by atoms with van der Waals surface area (Å²) in [6.45, 7) is 11.0. The lowest BCUT2D eigenvalue weighted by molar-refractivity contribution is 0.0523.